The van der Waals surface area contributed by atoms with Crippen molar-refractivity contribution in [1.29, 1.82) is 10.8 Å². The molecule has 1 fully saturated rings. The van der Waals surface area contributed by atoms with Gasteiger partial charge < -0.3 is 14.2 Å². The van der Waals surface area contributed by atoms with Gasteiger partial charge in [-0.2, -0.15) is 5.10 Å². The number of amides is 3. The smallest absolute Gasteiger partial charge is 0.255 e. The number of benzene rings is 2. The van der Waals surface area contributed by atoms with Crippen molar-refractivity contribution in [2.24, 2.45) is 4.99 Å². The standard InChI is InChI=1S/C41H37ClN10O4S/c1-24-34(57-41-37(24)38(27-8-10-28(42)11-9-27)45-18-35(44)52(41)25(2)43)13-7-26-17-47-50(19-26)16-4-15-49-20-29(46-23-49)22-56-33-6-3-5-30-31(33)21-51(40(30)55)32-12-14-36(53)48-39(32)54/h3,5-6,8-11,17,19-20,23,32,43-44H,4,12,14-16,18,21-22H2,1-2H3,(H,48,53,54). The monoisotopic (exact) mass is 800 g/mol. The molecule has 16 heteroatoms. The summed E-state index contributed by atoms with van der Waals surface area (Å²) in [4.78, 5) is 50.5. The second kappa shape index (κ2) is 15.6. The number of aryl methyl sites for hydroxylation is 2. The molecule has 3 aromatic heterocycles. The van der Waals surface area contributed by atoms with E-state index >= 15 is 0 Å². The Morgan fingerprint density at radius 2 is 1.93 bits per heavy atom. The summed E-state index contributed by atoms with van der Waals surface area (Å²) in [5, 5.41) is 25.3. The maximum absolute atomic E-state index is 13.2. The van der Waals surface area contributed by atoms with Crippen LogP contribution in [0.2, 0.25) is 5.02 Å². The molecule has 8 rings (SSSR count). The second-order valence-electron chi connectivity index (χ2n) is 13.9. The minimum atomic E-state index is -0.688. The van der Waals surface area contributed by atoms with Gasteiger partial charge in [0.05, 0.1) is 47.5 Å². The maximum Gasteiger partial charge on any atom is 0.255 e. The number of fused-ring (bicyclic) bond motifs is 2. The maximum atomic E-state index is 13.2. The number of anilines is 1. The van der Waals surface area contributed by atoms with Crippen molar-refractivity contribution in [3.8, 4) is 17.6 Å². The van der Waals surface area contributed by atoms with Crippen molar-refractivity contribution in [3.63, 3.8) is 0 Å². The molecule has 1 unspecified atom stereocenters. The van der Waals surface area contributed by atoms with E-state index in [-0.39, 0.29) is 49.6 Å². The van der Waals surface area contributed by atoms with Crippen LogP contribution in [0.4, 0.5) is 5.00 Å². The van der Waals surface area contributed by atoms with Crippen molar-refractivity contribution in [3.05, 3.63) is 116 Å². The minimum absolute atomic E-state index is 0.154. The molecule has 0 aliphatic carbocycles. The summed E-state index contributed by atoms with van der Waals surface area (Å²) in [6.45, 7) is 5.65. The number of hydrogen-bond donors (Lipinski definition) is 3. The summed E-state index contributed by atoms with van der Waals surface area (Å²) in [6, 6.07) is 12.1. The van der Waals surface area contributed by atoms with Crippen LogP contribution in [0.25, 0.3) is 0 Å². The number of aromatic nitrogens is 4. The first-order valence-electron chi connectivity index (χ1n) is 18.4. The molecule has 0 bridgehead atoms. The van der Waals surface area contributed by atoms with Gasteiger partial charge in [-0.3, -0.25) is 45.1 Å². The highest BCUT2D eigenvalue weighted by molar-refractivity contribution is 7.17. The average molecular weight is 801 g/mol. The van der Waals surface area contributed by atoms with Crippen molar-refractivity contribution >= 4 is 63.0 Å². The van der Waals surface area contributed by atoms with Gasteiger partial charge in [-0.15, -0.1) is 11.3 Å². The largest absolute Gasteiger partial charge is 0.487 e. The molecule has 6 heterocycles. The summed E-state index contributed by atoms with van der Waals surface area (Å²) >= 11 is 7.62. The number of carbonyl (C=O) groups excluding carboxylic acids is 3. The number of thiophene rings is 1. The number of amidine groups is 2. The number of carbonyl (C=O) groups is 3. The molecule has 3 aliphatic rings. The Morgan fingerprint density at radius 3 is 2.72 bits per heavy atom. The van der Waals surface area contributed by atoms with Crippen LogP contribution in [0.1, 0.15) is 74.9 Å². The molecule has 1 saturated heterocycles. The van der Waals surface area contributed by atoms with Gasteiger partial charge in [-0.25, -0.2) is 4.98 Å². The molecular formula is C41H37ClN10O4S. The second-order valence-corrected chi connectivity index (χ2v) is 15.4. The Kier molecular flexibility index (Phi) is 10.3. The van der Waals surface area contributed by atoms with Gasteiger partial charge in [0.25, 0.3) is 5.91 Å². The first-order valence-corrected chi connectivity index (χ1v) is 19.5. The molecule has 0 spiro atoms. The van der Waals surface area contributed by atoms with Crippen LogP contribution < -0.4 is 15.0 Å². The van der Waals surface area contributed by atoms with Crippen LogP contribution >= 0.6 is 22.9 Å². The molecule has 1 atom stereocenters. The SMILES string of the molecule is CC(=N)N1C(=N)CN=C(c2ccc(Cl)cc2)c2c1sc(C#Cc1cnn(CCCn3cnc(COc4cccc5c4CN(C4CCC(=O)NC4=O)C5=O)c3)c1)c2C. The molecule has 5 aromatic rings. The predicted molar refractivity (Wildman–Crippen MR) is 216 cm³/mol. The lowest BCUT2D eigenvalue weighted by molar-refractivity contribution is -0.136. The third kappa shape index (κ3) is 7.61. The van der Waals surface area contributed by atoms with Crippen LogP contribution in [0, 0.1) is 29.6 Å². The van der Waals surface area contributed by atoms with Crippen molar-refractivity contribution < 1.29 is 19.1 Å². The molecule has 288 valence electrons. The zero-order valence-electron chi connectivity index (χ0n) is 31.1. The molecule has 57 heavy (non-hydrogen) atoms. The zero-order chi connectivity index (χ0) is 39.8. The Morgan fingerprint density at radius 1 is 1.11 bits per heavy atom. The topological polar surface area (TPSA) is 175 Å². The van der Waals surface area contributed by atoms with Crippen molar-refractivity contribution in [1.82, 2.24) is 29.5 Å². The van der Waals surface area contributed by atoms with Gasteiger partial charge in [-0.1, -0.05) is 41.6 Å². The molecule has 3 aliphatic heterocycles. The van der Waals surface area contributed by atoms with E-state index in [1.807, 2.05) is 58.9 Å². The summed E-state index contributed by atoms with van der Waals surface area (Å²) in [5.41, 5.74) is 6.16. The van der Waals surface area contributed by atoms with E-state index in [2.05, 4.69) is 27.2 Å². The number of halogens is 1. The lowest BCUT2D eigenvalue weighted by Crippen LogP contribution is -2.52. The van der Waals surface area contributed by atoms with Gasteiger partial charge in [0.2, 0.25) is 11.8 Å². The number of nitrogens with zero attached hydrogens (tertiary/aromatic N) is 7. The fourth-order valence-corrected chi connectivity index (χ4v) is 8.59. The molecule has 3 amide bonds. The number of imide groups is 1. The van der Waals surface area contributed by atoms with Crippen molar-refractivity contribution in [2.45, 2.75) is 65.4 Å². The summed E-state index contributed by atoms with van der Waals surface area (Å²) < 4.78 is 9.99. The van der Waals surface area contributed by atoms with E-state index in [9.17, 15) is 14.4 Å². The number of aliphatic imine (C=N–C) groups is 1. The lowest BCUT2D eigenvalue weighted by Gasteiger charge is -2.29. The molecule has 2 aromatic carbocycles. The van der Waals surface area contributed by atoms with Crippen LogP contribution in [-0.2, 0) is 35.8 Å². The van der Waals surface area contributed by atoms with Crippen LogP contribution in [0.15, 0.2) is 72.4 Å². The molecule has 14 nitrogen and oxygen atoms in total. The Bertz CT molecular complexity index is 2560. The third-order valence-corrected chi connectivity index (χ3v) is 11.5. The van der Waals surface area contributed by atoms with E-state index in [4.69, 9.17) is 32.1 Å². The van der Waals surface area contributed by atoms with Crippen LogP contribution in [-0.4, -0.2) is 71.9 Å². The Balaban J connectivity index is 0.883. The van der Waals surface area contributed by atoms with Gasteiger partial charge >= 0.3 is 0 Å². The van der Waals surface area contributed by atoms with Crippen molar-refractivity contribution in [2.75, 3.05) is 11.4 Å². The van der Waals surface area contributed by atoms with E-state index in [0.717, 1.165) is 55.5 Å². The normalized spacial score (nSPS) is 16.4. The fourth-order valence-electron chi connectivity index (χ4n) is 7.22. The molecular weight excluding hydrogens is 764 g/mol. The number of hydrogen-bond acceptors (Lipinski definition) is 10. The van der Waals surface area contributed by atoms with E-state index < -0.39 is 11.9 Å². The fraction of sp³-hybridized carbons (Fsp3) is 0.268. The molecule has 0 saturated carbocycles. The Labute approximate surface area is 337 Å². The first-order chi connectivity index (χ1) is 27.5. The third-order valence-electron chi connectivity index (χ3n) is 10.0. The highest BCUT2D eigenvalue weighted by atomic mass is 35.5. The minimum Gasteiger partial charge on any atom is -0.487 e. The number of rotatable bonds is 9. The number of nitrogens with one attached hydrogen (secondary N) is 3. The van der Waals surface area contributed by atoms with E-state index in [0.29, 0.717) is 35.8 Å². The van der Waals surface area contributed by atoms with Crippen LogP contribution in [0.5, 0.6) is 5.75 Å². The lowest BCUT2D eigenvalue weighted by atomic mass is 9.99. The van der Waals surface area contributed by atoms with E-state index in [1.54, 1.807) is 36.5 Å². The summed E-state index contributed by atoms with van der Waals surface area (Å²) in [5.74, 6) is 6.60. The zero-order valence-corrected chi connectivity index (χ0v) is 32.7. The number of imidazole rings is 1. The van der Waals surface area contributed by atoms with Crippen LogP contribution in [0.3, 0.4) is 0 Å². The van der Waals surface area contributed by atoms with Gasteiger partial charge in [0.15, 0.2) is 0 Å². The number of piperidine rings is 1. The highest BCUT2D eigenvalue weighted by Gasteiger charge is 2.40. The van der Waals surface area contributed by atoms with Gasteiger partial charge in [0, 0.05) is 59.2 Å². The molecule has 0 radical (unpaired) electrons. The summed E-state index contributed by atoms with van der Waals surface area (Å²) in [6.07, 6.45) is 8.65. The van der Waals surface area contributed by atoms with E-state index in [1.165, 1.54) is 16.2 Å². The quantitative estimate of drug-likeness (QED) is 0.0757. The predicted octanol–water partition coefficient (Wildman–Crippen LogP) is 5.56. The molecule has 3 N–H and O–H groups in total. The Hall–Kier alpha value is -6.37. The van der Waals surface area contributed by atoms with Gasteiger partial charge in [0.1, 0.15) is 35.1 Å². The van der Waals surface area contributed by atoms with Gasteiger partial charge in [-0.05, 0) is 56.5 Å². The highest BCUT2D eigenvalue weighted by Crippen LogP contribution is 2.39. The summed E-state index contributed by atoms with van der Waals surface area (Å²) in [7, 11) is 0. The first kappa shape index (κ1) is 37.5. The average Bonchev–Trinajstić information content (AvgIpc) is 3.96. The number of ether oxygens (including phenoxy) is 1.